The Bertz CT molecular complexity index is 1320. The minimum Gasteiger partial charge on any atom is -0.506 e. The van der Waals surface area contributed by atoms with Crippen molar-refractivity contribution in [3.8, 4) is 11.4 Å². The van der Waals surface area contributed by atoms with Crippen molar-refractivity contribution in [1.29, 1.82) is 0 Å². The highest BCUT2D eigenvalue weighted by atomic mass is 32.1. The maximum absolute atomic E-state index is 11.1. The van der Waals surface area contributed by atoms with Crippen LogP contribution < -0.4 is 10.2 Å². The molecule has 2 aromatic heterocycles. The standard InChI is InChI=1S/C24H19N5O3S/c30-21-9-2-1-7-19(21)28-23(22(26-24(28)33)18-6-3-4-14-25-18)20-8-5-15-27(20)16-10-12-17(13-11-16)29(31)32/h1-15,22-23,30H,(H,26,33)/t22-,23+/m1/s1. The van der Waals surface area contributed by atoms with Gasteiger partial charge in [-0.15, -0.1) is 0 Å². The molecule has 1 fully saturated rings. The molecular formula is C24H19N5O3S. The Labute approximate surface area is 194 Å². The molecule has 0 spiro atoms. The number of hydrogen-bond donors (Lipinski definition) is 2. The Morgan fingerprint density at radius 3 is 2.45 bits per heavy atom. The van der Waals surface area contributed by atoms with Crippen LogP contribution in [-0.2, 0) is 0 Å². The fourth-order valence-electron chi connectivity index (χ4n) is 4.19. The lowest BCUT2D eigenvalue weighted by atomic mass is 10.0. The highest BCUT2D eigenvalue weighted by molar-refractivity contribution is 7.80. The lowest BCUT2D eigenvalue weighted by molar-refractivity contribution is -0.384. The van der Waals surface area contributed by atoms with Crippen LogP contribution in [0.3, 0.4) is 0 Å². The summed E-state index contributed by atoms with van der Waals surface area (Å²) in [6, 6.07) is 22.4. The minimum absolute atomic E-state index is 0.0263. The van der Waals surface area contributed by atoms with Crippen LogP contribution in [0.2, 0.25) is 0 Å². The van der Waals surface area contributed by atoms with Crippen LogP contribution in [0, 0.1) is 10.1 Å². The zero-order chi connectivity index (χ0) is 22.9. The summed E-state index contributed by atoms with van der Waals surface area (Å²) in [5.41, 5.74) is 3.07. The van der Waals surface area contributed by atoms with Gasteiger partial charge in [0.05, 0.1) is 22.3 Å². The van der Waals surface area contributed by atoms with Gasteiger partial charge >= 0.3 is 0 Å². The van der Waals surface area contributed by atoms with Crippen LogP contribution in [0.1, 0.15) is 23.5 Å². The molecule has 1 aliphatic heterocycles. The first kappa shape index (κ1) is 20.7. The van der Waals surface area contributed by atoms with Gasteiger partial charge in [0.15, 0.2) is 5.11 Å². The molecule has 1 aliphatic rings. The molecular weight excluding hydrogens is 438 g/mol. The van der Waals surface area contributed by atoms with Gasteiger partial charge in [-0.3, -0.25) is 15.1 Å². The number of rotatable bonds is 5. The van der Waals surface area contributed by atoms with Crippen LogP contribution in [0.5, 0.6) is 5.75 Å². The number of nitro benzene ring substituents is 1. The lowest BCUT2D eigenvalue weighted by Gasteiger charge is -2.29. The molecule has 0 bridgehead atoms. The molecule has 0 aliphatic carbocycles. The maximum Gasteiger partial charge on any atom is 0.269 e. The number of para-hydroxylation sites is 2. The van der Waals surface area contributed by atoms with Gasteiger partial charge in [0.2, 0.25) is 0 Å². The predicted molar refractivity (Wildman–Crippen MR) is 128 cm³/mol. The molecule has 8 nitrogen and oxygen atoms in total. The second-order valence-corrected chi connectivity index (χ2v) is 7.95. The molecule has 3 heterocycles. The number of non-ortho nitro benzene ring substituents is 1. The zero-order valence-electron chi connectivity index (χ0n) is 17.3. The van der Waals surface area contributed by atoms with E-state index in [9.17, 15) is 15.2 Å². The fourth-order valence-corrected chi connectivity index (χ4v) is 4.53. The highest BCUT2D eigenvalue weighted by Crippen LogP contribution is 2.44. The van der Waals surface area contributed by atoms with E-state index in [4.69, 9.17) is 12.2 Å². The summed E-state index contributed by atoms with van der Waals surface area (Å²) < 4.78 is 1.97. The Hall–Kier alpha value is -4.24. The van der Waals surface area contributed by atoms with Crippen LogP contribution >= 0.6 is 12.2 Å². The monoisotopic (exact) mass is 457 g/mol. The summed E-state index contributed by atoms with van der Waals surface area (Å²) in [7, 11) is 0. The topological polar surface area (TPSA) is 96.5 Å². The predicted octanol–water partition coefficient (Wildman–Crippen LogP) is 4.66. The van der Waals surface area contributed by atoms with Crippen molar-refractivity contribution in [3.05, 3.63) is 113 Å². The zero-order valence-corrected chi connectivity index (χ0v) is 18.1. The molecule has 2 atom stereocenters. The van der Waals surface area contributed by atoms with Crippen molar-refractivity contribution in [2.45, 2.75) is 12.1 Å². The van der Waals surface area contributed by atoms with Crippen molar-refractivity contribution in [1.82, 2.24) is 14.9 Å². The summed E-state index contributed by atoms with van der Waals surface area (Å²) in [4.78, 5) is 17.1. The normalized spacial score (nSPS) is 17.7. The number of phenolic OH excluding ortho intramolecular Hbond substituents is 1. The highest BCUT2D eigenvalue weighted by Gasteiger charge is 2.42. The number of aromatic hydroxyl groups is 1. The van der Waals surface area contributed by atoms with Gasteiger partial charge in [0.1, 0.15) is 11.8 Å². The average Bonchev–Trinajstić information content (AvgIpc) is 3.44. The summed E-state index contributed by atoms with van der Waals surface area (Å²) >= 11 is 5.71. The number of anilines is 1. The van der Waals surface area contributed by atoms with Crippen LogP contribution in [0.4, 0.5) is 11.4 Å². The van der Waals surface area contributed by atoms with E-state index in [0.717, 1.165) is 17.1 Å². The van der Waals surface area contributed by atoms with Crippen LogP contribution in [0.25, 0.3) is 5.69 Å². The molecule has 2 aromatic carbocycles. The third-order valence-electron chi connectivity index (χ3n) is 5.66. The number of benzene rings is 2. The Balaban J connectivity index is 1.65. The molecule has 5 rings (SSSR count). The van der Waals surface area contributed by atoms with E-state index in [-0.39, 0.29) is 23.5 Å². The third-order valence-corrected chi connectivity index (χ3v) is 5.98. The van der Waals surface area contributed by atoms with Gasteiger partial charge in [-0.05, 0) is 60.7 Å². The van der Waals surface area contributed by atoms with Crippen molar-refractivity contribution < 1.29 is 10.0 Å². The first-order chi connectivity index (χ1) is 16.0. The van der Waals surface area contributed by atoms with Crippen molar-refractivity contribution >= 4 is 28.7 Å². The van der Waals surface area contributed by atoms with E-state index in [1.165, 1.54) is 12.1 Å². The number of nitrogens with one attached hydrogen (secondary N) is 1. The molecule has 2 N–H and O–H groups in total. The number of phenols is 1. The Morgan fingerprint density at radius 1 is 1.00 bits per heavy atom. The molecule has 1 saturated heterocycles. The minimum atomic E-state index is -0.420. The first-order valence-corrected chi connectivity index (χ1v) is 10.7. The van der Waals surface area contributed by atoms with Crippen LogP contribution in [0.15, 0.2) is 91.3 Å². The number of nitro groups is 1. The summed E-state index contributed by atoms with van der Waals surface area (Å²) in [6.07, 6.45) is 3.63. The van der Waals surface area contributed by atoms with Gasteiger partial charge in [-0.25, -0.2) is 0 Å². The molecule has 0 saturated carbocycles. The van der Waals surface area contributed by atoms with Crippen LogP contribution in [-0.4, -0.2) is 24.7 Å². The van der Waals surface area contributed by atoms with Gasteiger partial charge in [-0.2, -0.15) is 0 Å². The van der Waals surface area contributed by atoms with E-state index in [1.54, 1.807) is 30.5 Å². The van der Waals surface area contributed by atoms with E-state index < -0.39 is 4.92 Å². The largest absolute Gasteiger partial charge is 0.506 e. The van der Waals surface area contributed by atoms with Crippen molar-refractivity contribution in [2.24, 2.45) is 0 Å². The molecule has 33 heavy (non-hydrogen) atoms. The Morgan fingerprint density at radius 2 is 1.76 bits per heavy atom. The molecule has 0 radical (unpaired) electrons. The summed E-state index contributed by atoms with van der Waals surface area (Å²) in [5, 5.41) is 25.5. The third kappa shape index (κ3) is 3.68. The molecule has 0 unspecified atom stereocenters. The molecule has 164 valence electrons. The number of nitrogens with zero attached hydrogens (tertiary/aromatic N) is 4. The van der Waals surface area contributed by atoms with Crippen molar-refractivity contribution in [2.75, 3.05) is 4.90 Å². The Kier molecular flexibility index (Phi) is 5.23. The number of hydrogen-bond acceptors (Lipinski definition) is 5. The molecule has 9 heteroatoms. The quantitative estimate of drug-likeness (QED) is 0.256. The number of thiocarbonyl (C=S) groups is 1. The van der Waals surface area contributed by atoms with Gasteiger partial charge in [0, 0.05) is 35.9 Å². The van der Waals surface area contributed by atoms with Crippen molar-refractivity contribution in [3.63, 3.8) is 0 Å². The van der Waals surface area contributed by atoms with Gasteiger partial charge < -0.3 is 19.9 Å². The van der Waals surface area contributed by atoms with Gasteiger partial charge in [0.25, 0.3) is 5.69 Å². The van der Waals surface area contributed by atoms with E-state index in [0.29, 0.717) is 10.8 Å². The average molecular weight is 458 g/mol. The van der Waals surface area contributed by atoms with Gasteiger partial charge in [-0.1, -0.05) is 18.2 Å². The molecule has 0 amide bonds. The SMILES string of the molecule is O=[N+]([O-])c1ccc(-n2cccc2[C@H]2[C@@H](c3ccccn3)NC(=S)N2c2ccccc2O)cc1. The number of pyridine rings is 1. The fraction of sp³-hybridized carbons (Fsp3) is 0.0833. The molecule has 4 aromatic rings. The first-order valence-electron chi connectivity index (χ1n) is 10.3. The number of aromatic nitrogens is 2. The summed E-state index contributed by atoms with van der Waals surface area (Å²) in [6.45, 7) is 0. The van der Waals surface area contributed by atoms with E-state index >= 15 is 0 Å². The maximum atomic E-state index is 11.1. The lowest BCUT2D eigenvalue weighted by Crippen LogP contribution is -2.30. The smallest absolute Gasteiger partial charge is 0.269 e. The second kappa shape index (κ2) is 8.36. The van der Waals surface area contributed by atoms with E-state index in [2.05, 4.69) is 10.3 Å². The summed E-state index contributed by atoms with van der Waals surface area (Å²) in [5.74, 6) is 0.113. The second-order valence-electron chi connectivity index (χ2n) is 7.56. The van der Waals surface area contributed by atoms with E-state index in [1.807, 2.05) is 58.1 Å².